The van der Waals surface area contributed by atoms with Gasteiger partial charge in [-0.05, 0) is 0 Å². The minimum atomic E-state index is -0.117. The molecule has 0 atom stereocenters. The smallest absolute Gasteiger partial charge is 0.136 e. The summed E-state index contributed by atoms with van der Waals surface area (Å²) in [5.41, 5.74) is 1.57. The van der Waals surface area contributed by atoms with E-state index in [1.165, 1.54) is 0 Å². The van der Waals surface area contributed by atoms with Crippen LogP contribution in [0.4, 0.5) is 5.82 Å². The Morgan fingerprint density at radius 3 is 2.65 bits per heavy atom. The number of hydrogen-bond acceptors (Lipinski definition) is 6. The summed E-state index contributed by atoms with van der Waals surface area (Å²) in [6.45, 7) is 7.27. The molecule has 0 bridgehead atoms. The van der Waals surface area contributed by atoms with E-state index in [9.17, 15) is 0 Å². The molecule has 0 aliphatic carbocycles. The maximum absolute atomic E-state index is 5.16. The fourth-order valence-corrected chi connectivity index (χ4v) is 1.66. The van der Waals surface area contributed by atoms with Crippen LogP contribution in [-0.4, -0.2) is 22.2 Å². The summed E-state index contributed by atoms with van der Waals surface area (Å²) in [4.78, 5) is 9.08. The van der Waals surface area contributed by atoms with E-state index < -0.39 is 0 Å². The molecule has 0 amide bonds. The van der Waals surface area contributed by atoms with Crippen LogP contribution in [0, 0.1) is 0 Å². The van der Waals surface area contributed by atoms with Crippen molar-refractivity contribution in [3.05, 3.63) is 35.6 Å². The zero-order valence-corrected chi connectivity index (χ0v) is 12.3. The summed E-state index contributed by atoms with van der Waals surface area (Å²) in [6.07, 6.45) is 1.55. The van der Waals surface area contributed by atoms with Gasteiger partial charge >= 0.3 is 0 Å². The Balaban J connectivity index is 2.20. The van der Waals surface area contributed by atoms with Crippen LogP contribution >= 0.6 is 0 Å². The fourth-order valence-electron chi connectivity index (χ4n) is 1.66. The molecule has 0 saturated heterocycles. The number of nitrogens with one attached hydrogen (secondary N) is 1. The molecule has 2 heterocycles. The van der Waals surface area contributed by atoms with E-state index >= 15 is 0 Å². The van der Waals surface area contributed by atoms with Crippen LogP contribution in [0.15, 0.2) is 22.9 Å². The van der Waals surface area contributed by atoms with Crippen molar-refractivity contribution in [1.82, 2.24) is 15.1 Å². The third-order valence-corrected chi connectivity index (χ3v) is 2.68. The first-order chi connectivity index (χ1) is 9.49. The molecule has 0 unspecified atom stereocenters. The number of methoxy groups -OCH3 is 1. The third kappa shape index (κ3) is 3.77. The quantitative estimate of drug-likeness (QED) is 0.904. The predicted octanol–water partition coefficient (Wildman–Crippen LogP) is 2.52. The van der Waals surface area contributed by atoms with Crippen molar-refractivity contribution in [2.24, 2.45) is 0 Å². The number of aromatic nitrogens is 3. The minimum absolute atomic E-state index is 0.117. The topological polar surface area (TPSA) is 73.1 Å². The van der Waals surface area contributed by atoms with Crippen molar-refractivity contribution in [3.63, 3.8) is 0 Å². The summed E-state index contributed by atoms with van der Waals surface area (Å²) in [5.74, 6) is 1.55. The standard InChI is InChI=1S/C14H20N4O2/c1-14(2,3)13-16-11(9-19-4)7-12(17-13)15-8-10-5-6-20-18-10/h5-7H,8-9H2,1-4H3,(H,15,16,17). The molecule has 2 rings (SSSR count). The number of hydrogen-bond donors (Lipinski definition) is 1. The van der Waals surface area contributed by atoms with Gasteiger partial charge in [-0.3, -0.25) is 0 Å². The first-order valence-electron chi connectivity index (χ1n) is 6.49. The van der Waals surface area contributed by atoms with Gasteiger partial charge in [0.05, 0.1) is 18.8 Å². The molecule has 0 aliphatic rings. The van der Waals surface area contributed by atoms with E-state index in [1.807, 2.05) is 12.1 Å². The van der Waals surface area contributed by atoms with Gasteiger partial charge < -0.3 is 14.6 Å². The van der Waals surface area contributed by atoms with Crippen LogP contribution < -0.4 is 5.32 Å². The Bertz CT molecular complexity index is 547. The minimum Gasteiger partial charge on any atom is -0.378 e. The maximum Gasteiger partial charge on any atom is 0.136 e. The lowest BCUT2D eigenvalue weighted by molar-refractivity contribution is 0.181. The van der Waals surface area contributed by atoms with Gasteiger partial charge in [-0.2, -0.15) is 0 Å². The lowest BCUT2D eigenvalue weighted by Gasteiger charge is -2.18. The molecule has 108 valence electrons. The highest BCUT2D eigenvalue weighted by Crippen LogP contribution is 2.21. The van der Waals surface area contributed by atoms with Gasteiger partial charge in [-0.1, -0.05) is 25.9 Å². The van der Waals surface area contributed by atoms with Gasteiger partial charge in [-0.15, -0.1) is 0 Å². The van der Waals surface area contributed by atoms with Gasteiger partial charge in [0, 0.05) is 24.7 Å². The molecule has 0 radical (unpaired) electrons. The second kappa shape index (κ2) is 6.00. The van der Waals surface area contributed by atoms with Gasteiger partial charge in [0.25, 0.3) is 0 Å². The molecule has 6 heteroatoms. The summed E-state index contributed by atoms with van der Waals surface area (Å²) < 4.78 is 9.96. The van der Waals surface area contributed by atoms with Crippen molar-refractivity contribution in [2.45, 2.75) is 39.3 Å². The summed E-state index contributed by atoms with van der Waals surface area (Å²) in [6, 6.07) is 3.70. The molecular weight excluding hydrogens is 256 g/mol. The molecule has 1 N–H and O–H groups in total. The summed E-state index contributed by atoms with van der Waals surface area (Å²) in [5, 5.41) is 7.08. The van der Waals surface area contributed by atoms with Crippen molar-refractivity contribution >= 4 is 5.82 Å². The molecule has 0 fully saturated rings. The molecule has 0 spiro atoms. The SMILES string of the molecule is COCc1cc(NCc2ccon2)nc(C(C)(C)C)n1. The lowest BCUT2D eigenvalue weighted by atomic mass is 9.95. The highest BCUT2D eigenvalue weighted by atomic mass is 16.5. The molecular formula is C14H20N4O2. The van der Waals surface area contributed by atoms with Gasteiger partial charge in [0.15, 0.2) is 0 Å². The Morgan fingerprint density at radius 1 is 1.25 bits per heavy atom. The molecule has 20 heavy (non-hydrogen) atoms. The molecule has 2 aromatic heterocycles. The van der Waals surface area contributed by atoms with Crippen LogP contribution in [0.1, 0.15) is 38.0 Å². The van der Waals surface area contributed by atoms with Gasteiger partial charge in [0.2, 0.25) is 0 Å². The summed E-state index contributed by atoms with van der Waals surface area (Å²) in [7, 11) is 1.65. The van der Waals surface area contributed by atoms with E-state index in [2.05, 4.69) is 41.2 Å². The average Bonchev–Trinajstić information content (AvgIpc) is 2.88. The van der Waals surface area contributed by atoms with E-state index in [0.717, 1.165) is 23.0 Å². The maximum atomic E-state index is 5.16. The number of rotatable bonds is 5. The van der Waals surface area contributed by atoms with Crippen LogP contribution in [0.3, 0.4) is 0 Å². The van der Waals surface area contributed by atoms with Crippen molar-refractivity contribution < 1.29 is 9.26 Å². The van der Waals surface area contributed by atoms with Crippen LogP contribution in [0.5, 0.6) is 0 Å². The Labute approximate surface area is 118 Å². The third-order valence-electron chi connectivity index (χ3n) is 2.68. The highest BCUT2D eigenvalue weighted by molar-refractivity contribution is 5.37. The first kappa shape index (κ1) is 14.5. The Hall–Kier alpha value is -1.95. The number of anilines is 1. The Morgan fingerprint density at radius 2 is 2.05 bits per heavy atom. The Kier molecular flexibility index (Phi) is 4.34. The van der Waals surface area contributed by atoms with E-state index in [-0.39, 0.29) is 5.41 Å². The second-order valence-corrected chi connectivity index (χ2v) is 5.60. The van der Waals surface area contributed by atoms with E-state index in [1.54, 1.807) is 13.4 Å². The van der Waals surface area contributed by atoms with Gasteiger partial charge in [-0.25, -0.2) is 9.97 Å². The van der Waals surface area contributed by atoms with Crippen molar-refractivity contribution in [3.8, 4) is 0 Å². The van der Waals surface area contributed by atoms with Crippen LogP contribution in [0.25, 0.3) is 0 Å². The van der Waals surface area contributed by atoms with Crippen LogP contribution in [-0.2, 0) is 23.3 Å². The molecule has 6 nitrogen and oxygen atoms in total. The zero-order valence-electron chi connectivity index (χ0n) is 12.3. The molecule has 2 aromatic rings. The normalized spacial score (nSPS) is 11.6. The van der Waals surface area contributed by atoms with E-state index in [4.69, 9.17) is 9.26 Å². The summed E-state index contributed by atoms with van der Waals surface area (Å²) >= 11 is 0. The number of nitrogens with zero attached hydrogens (tertiary/aromatic N) is 3. The molecule has 0 saturated carbocycles. The number of ether oxygens (including phenoxy) is 1. The van der Waals surface area contributed by atoms with E-state index in [0.29, 0.717) is 13.2 Å². The second-order valence-electron chi connectivity index (χ2n) is 5.60. The fraction of sp³-hybridized carbons (Fsp3) is 0.500. The molecule has 0 aliphatic heterocycles. The highest BCUT2D eigenvalue weighted by Gasteiger charge is 2.19. The van der Waals surface area contributed by atoms with Crippen molar-refractivity contribution in [2.75, 3.05) is 12.4 Å². The van der Waals surface area contributed by atoms with Gasteiger partial charge in [0.1, 0.15) is 23.6 Å². The lowest BCUT2D eigenvalue weighted by Crippen LogP contribution is -2.18. The average molecular weight is 276 g/mol. The monoisotopic (exact) mass is 276 g/mol. The zero-order chi connectivity index (χ0) is 14.6. The first-order valence-corrected chi connectivity index (χ1v) is 6.49. The largest absolute Gasteiger partial charge is 0.378 e. The molecule has 0 aromatic carbocycles. The van der Waals surface area contributed by atoms with Crippen LogP contribution in [0.2, 0.25) is 0 Å². The van der Waals surface area contributed by atoms with Crippen molar-refractivity contribution in [1.29, 1.82) is 0 Å². The predicted molar refractivity (Wildman–Crippen MR) is 75.3 cm³/mol.